The van der Waals surface area contributed by atoms with Gasteiger partial charge in [0.1, 0.15) is 41.8 Å². The number of benzene rings is 4. The second-order valence-corrected chi connectivity index (χ2v) is 11.2. The first-order chi connectivity index (χ1) is 21.0. The molecule has 0 radical (unpaired) electrons. The third-order valence-electron chi connectivity index (χ3n) is 6.67. The zero-order valence-electron chi connectivity index (χ0n) is 23.3. The molecule has 43 heavy (non-hydrogen) atoms. The molecule has 0 amide bonds. The SMILES string of the molecule is CCOC(=O)[C@@H](CO)NCc1cc(Br)c(OCc2cccc(-c3ccccc3)c2Br)cc1OCc1ccc2nonc2c1. The molecule has 9 nitrogen and oxygen atoms in total. The van der Waals surface area contributed by atoms with Crippen LogP contribution in [0.15, 0.2) is 92.4 Å². The first-order valence-electron chi connectivity index (χ1n) is 13.6. The molecule has 0 unspecified atom stereocenters. The molecule has 0 bridgehead atoms. The van der Waals surface area contributed by atoms with E-state index in [-0.39, 0.29) is 19.8 Å². The van der Waals surface area contributed by atoms with Gasteiger partial charge in [0.25, 0.3) is 0 Å². The first-order valence-corrected chi connectivity index (χ1v) is 15.2. The van der Waals surface area contributed by atoms with E-state index in [9.17, 15) is 9.90 Å². The number of aliphatic hydroxyl groups excluding tert-OH is 1. The molecule has 0 aliphatic rings. The molecule has 0 saturated heterocycles. The molecule has 1 atom stereocenters. The summed E-state index contributed by atoms with van der Waals surface area (Å²) < 4.78 is 24.1. The van der Waals surface area contributed by atoms with Crippen LogP contribution in [0.3, 0.4) is 0 Å². The van der Waals surface area contributed by atoms with E-state index in [0.717, 1.165) is 32.3 Å². The minimum absolute atomic E-state index is 0.221. The summed E-state index contributed by atoms with van der Waals surface area (Å²) in [5, 5.41) is 20.5. The van der Waals surface area contributed by atoms with Crippen LogP contribution in [0.4, 0.5) is 0 Å². The van der Waals surface area contributed by atoms with Gasteiger partial charge in [-0.25, -0.2) is 4.63 Å². The van der Waals surface area contributed by atoms with Crippen molar-refractivity contribution in [1.29, 1.82) is 0 Å². The number of halogens is 2. The Morgan fingerprint density at radius 1 is 0.907 bits per heavy atom. The van der Waals surface area contributed by atoms with Gasteiger partial charge in [-0.1, -0.05) is 54.6 Å². The molecular weight excluding hydrogens is 682 g/mol. The summed E-state index contributed by atoms with van der Waals surface area (Å²) in [6, 6.07) is 24.6. The Labute approximate surface area is 265 Å². The molecule has 5 aromatic rings. The Morgan fingerprint density at radius 3 is 2.49 bits per heavy atom. The van der Waals surface area contributed by atoms with Crippen molar-refractivity contribution in [2.24, 2.45) is 0 Å². The lowest BCUT2D eigenvalue weighted by Crippen LogP contribution is -2.40. The van der Waals surface area contributed by atoms with E-state index in [0.29, 0.717) is 33.6 Å². The van der Waals surface area contributed by atoms with Crippen LogP contribution in [0.25, 0.3) is 22.2 Å². The molecule has 2 N–H and O–H groups in total. The Balaban J connectivity index is 1.38. The smallest absolute Gasteiger partial charge is 0.325 e. The average Bonchev–Trinajstić information content (AvgIpc) is 3.49. The highest BCUT2D eigenvalue weighted by atomic mass is 79.9. The third kappa shape index (κ3) is 7.61. The summed E-state index contributed by atoms with van der Waals surface area (Å²) in [5.41, 5.74) is 6.07. The number of nitrogens with zero attached hydrogens (tertiary/aromatic N) is 2. The molecule has 0 aliphatic heterocycles. The van der Waals surface area contributed by atoms with Gasteiger partial charge in [-0.2, -0.15) is 0 Å². The molecule has 222 valence electrons. The van der Waals surface area contributed by atoms with E-state index < -0.39 is 18.6 Å². The molecule has 5 rings (SSSR count). The molecule has 0 spiro atoms. The largest absolute Gasteiger partial charge is 0.488 e. The molecule has 11 heteroatoms. The Hall–Kier alpha value is -3.77. The fourth-order valence-corrected chi connectivity index (χ4v) is 5.54. The van der Waals surface area contributed by atoms with Crippen molar-refractivity contribution in [2.45, 2.75) is 32.7 Å². The first kappa shape index (κ1) is 30.7. The number of rotatable bonds is 13. The van der Waals surface area contributed by atoms with Crippen molar-refractivity contribution >= 4 is 48.9 Å². The zero-order chi connectivity index (χ0) is 30.2. The number of carbonyl (C=O) groups is 1. The van der Waals surface area contributed by atoms with Crippen molar-refractivity contribution in [2.75, 3.05) is 13.2 Å². The Morgan fingerprint density at radius 2 is 1.70 bits per heavy atom. The molecule has 0 fully saturated rings. The highest BCUT2D eigenvalue weighted by Crippen LogP contribution is 2.36. The lowest BCUT2D eigenvalue weighted by atomic mass is 10.0. The van der Waals surface area contributed by atoms with Gasteiger partial charge in [0.2, 0.25) is 0 Å². The fraction of sp³-hybridized carbons (Fsp3) is 0.219. The highest BCUT2D eigenvalue weighted by molar-refractivity contribution is 9.11. The van der Waals surface area contributed by atoms with Crippen LogP contribution >= 0.6 is 31.9 Å². The second kappa shape index (κ2) is 14.6. The molecule has 1 aromatic heterocycles. The van der Waals surface area contributed by atoms with E-state index >= 15 is 0 Å². The fourth-order valence-electron chi connectivity index (χ4n) is 4.42. The average molecular weight is 711 g/mol. The maximum atomic E-state index is 12.2. The summed E-state index contributed by atoms with van der Waals surface area (Å²) in [5.74, 6) is 0.599. The number of hydrogen-bond acceptors (Lipinski definition) is 9. The van der Waals surface area contributed by atoms with Crippen LogP contribution in [-0.2, 0) is 29.3 Å². The quantitative estimate of drug-likeness (QED) is 0.131. The van der Waals surface area contributed by atoms with Gasteiger partial charge in [0.05, 0.1) is 17.7 Å². The van der Waals surface area contributed by atoms with E-state index in [1.165, 1.54) is 0 Å². The Bertz CT molecular complexity index is 1700. The van der Waals surface area contributed by atoms with Gasteiger partial charge in [0, 0.05) is 28.2 Å². The van der Waals surface area contributed by atoms with Crippen LogP contribution < -0.4 is 14.8 Å². The highest BCUT2D eigenvalue weighted by Gasteiger charge is 2.20. The van der Waals surface area contributed by atoms with Gasteiger partial charge in [0.15, 0.2) is 0 Å². The van der Waals surface area contributed by atoms with Crippen molar-refractivity contribution in [3.05, 3.63) is 104 Å². The number of ether oxygens (including phenoxy) is 3. The summed E-state index contributed by atoms with van der Waals surface area (Å²) in [4.78, 5) is 12.2. The molecule has 1 heterocycles. The summed E-state index contributed by atoms with van der Waals surface area (Å²) in [6.07, 6.45) is 0. The standard InChI is InChI=1S/C32H29Br2N3O6/c1-2-40-32(39)28(17-38)35-16-23-14-25(33)30(15-29(23)41-18-20-11-12-26-27(13-20)37-43-36-26)42-19-22-9-6-10-24(31(22)34)21-7-4-3-5-8-21/h3-15,28,35,38H,2,16-19H2,1H3/t28-/m1/s1. The minimum atomic E-state index is -0.876. The molecule has 0 aliphatic carbocycles. The molecular formula is C32H29Br2N3O6. The number of aromatic nitrogens is 2. The van der Waals surface area contributed by atoms with Crippen LogP contribution in [0.1, 0.15) is 23.6 Å². The maximum Gasteiger partial charge on any atom is 0.325 e. The van der Waals surface area contributed by atoms with Crippen LogP contribution in [0.5, 0.6) is 11.5 Å². The van der Waals surface area contributed by atoms with Gasteiger partial charge >= 0.3 is 5.97 Å². The zero-order valence-corrected chi connectivity index (χ0v) is 26.4. The van der Waals surface area contributed by atoms with Gasteiger partial charge in [-0.3, -0.25) is 10.1 Å². The Kier molecular flexibility index (Phi) is 10.4. The summed E-state index contributed by atoms with van der Waals surface area (Å²) in [7, 11) is 0. The number of nitrogens with one attached hydrogen (secondary N) is 1. The van der Waals surface area contributed by atoms with E-state index in [4.69, 9.17) is 18.8 Å². The molecule has 4 aromatic carbocycles. The predicted molar refractivity (Wildman–Crippen MR) is 169 cm³/mol. The number of fused-ring (bicyclic) bond motifs is 1. The van der Waals surface area contributed by atoms with Gasteiger partial charge < -0.3 is 19.3 Å². The number of carbonyl (C=O) groups excluding carboxylic acids is 1. The number of aliphatic hydroxyl groups is 1. The van der Waals surface area contributed by atoms with Gasteiger partial charge in [-0.15, -0.1) is 0 Å². The maximum absolute atomic E-state index is 12.2. The lowest BCUT2D eigenvalue weighted by Gasteiger charge is -2.19. The summed E-state index contributed by atoms with van der Waals surface area (Å²) >= 11 is 7.40. The van der Waals surface area contributed by atoms with E-state index in [1.807, 2.05) is 60.7 Å². The minimum Gasteiger partial charge on any atom is -0.488 e. The summed E-state index contributed by atoms with van der Waals surface area (Å²) in [6.45, 7) is 2.32. The van der Waals surface area contributed by atoms with Crippen molar-refractivity contribution < 1.29 is 28.7 Å². The van der Waals surface area contributed by atoms with E-state index in [2.05, 4.69) is 65.7 Å². The third-order valence-corrected chi connectivity index (χ3v) is 8.22. The second-order valence-electron chi connectivity index (χ2n) is 9.57. The van der Waals surface area contributed by atoms with Crippen molar-refractivity contribution in [3.8, 4) is 22.6 Å². The topological polar surface area (TPSA) is 116 Å². The number of esters is 1. The normalized spacial score (nSPS) is 11.8. The van der Waals surface area contributed by atoms with Crippen LogP contribution in [0, 0.1) is 0 Å². The van der Waals surface area contributed by atoms with Gasteiger partial charge in [-0.05, 0) is 84.0 Å². The van der Waals surface area contributed by atoms with Crippen LogP contribution in [0.2, 0.25) is 0 Å². The number of hydrogen-bond donors (Lipinski definition) is 2. The lowest BCUT2D eigenvalue weighted by molar-refractivity contribution is -0.146. The predicted octanol–water partition coefficient (Wildman–Crippen LogP) is 6.59. The molecule has 0 saturated carbocycles. The van der Waals surface area contributed by atoms with E-state index in [1.54, 1.807) is 6.92 Å². The van der Waals surface area contributed by atoms with Crippen molar-refractivity contribution in [1.82, 2.24) is 15.6 Å². The van der Waals surface area contributed by atoms with Crippen molar-refractivity contribution in [3.63, 3.8) is 0 Å². The monoisotopic (exact) mass is 709 g/mol. The van der Waals surface area contributed by atoms with Crippen LogP contribution in [-0.4, -0.2) is 40.6 Å².